The van der Waals surface area contributed by atoms with Crippen LogP contribution in [0.1, 0.15) is 52.5 Å². The number of anilines is 1. The maximum absolute atomic E-state index is 13.7. The Kier molecular flexibility index (Phi) is 8.36. The van der Waals surface area contributed by atoms with Crippen LogP contribution in [0.25, 0.3) is 0 Å². The van der Waals surface area contributed by atoms with E-state index >= 15 is 0 Å². The molecule has 0 aliphatic heterocycles. The largest absolute Gasteiger partial charge is 0.481 e. The number of benzene rings is 1. The lowest BCUT2D eigenvalue weighted by atomic mass is 9.82. The molecule has 1 atom stereocenters. The Bertz CT molecular complexity index is 559. The summed E-state index contributed by atoms with van der Waals surface area (Å²) < 4.78 is 13.7. The van der Waals surface area contributed by atoms with Crippen LogP contribution in [0.15, 0.2) is 18.2 Å². The molecule has 5 heteroatoms. The summed E-state index contributed by atoms with van der Waals surface area (Å²) in [7, 11) is 2.02. The van der Waals surface area contributed by atoms with Crippen molar-refractivity contribution in [3.05, 3.63) is 29.6 Å². The lowest BCUT2D eigenvalue weighted by molar-refractivity contribution is -0.149. The molecule has 0 radical (unpaired) electrons. The smallest absolute Gasteiger partial charge is 0.310 e. The van der Waals surface area contributed by atoms with Crippen molar-refractivity contribution in [2.75, 3.05) is 25.0 Å². The van der Waals surface area contributed by atoms with Gasteiger partial charge in [0.05, 0.1) is 5.41 Å². The molecule has 0 bridgehead atoms. The van der Waals surface area contributed by atoms with Gasteiger partial charge in [-0.15, -0.1) is 0 Å². The Morgan fingerprint density at radius 2 is 1.96 bits per heavy atom. The van der Waals surface area contributed by atoms with Crippen LogP contribution in [0, 0.1) is 17.2 Å². The second kappa shape index (κ2) is 9.76. The lowest BCUT2D eigenvalue weighted by Crippen LogP contribution is -2.40. The average Bonchev–Trinajstić information content (AvgIpc) is 2.58. The minimum absolute atomic E-state index is 0.270. The van der Waals surface area contributed by atoms with Gasteiger partial charge in [-0.3, -0.25) is 4.79 Å². The van der Waals surface area contributed by atoms with Gasteiger partial charge in [-0.25, -0.2) is 4.39 Å². The molecule has 4 nitrogen and oxygen atoms in total. The zero-order valence-electron chi connectivity index (χ0n) is 16.2. The van der Waals surface area contributed by atoms with Gasteiger partial charge in [0.2, 0.25) is 0 Å². The van der Waals surface area contributed by atoms with Crippen molar-refractivity contribution in [2.45, 2.75) is 53.5 Å². The summed E-state index contributed by atoms with van der Waals surface area (Å²) in [5.41, 5.74) is 1.08. The number of nitrogens with one attached hydrogen (secondary N) is 1. The van der Waals surface area contributed by atoms with Crippen molar-refractivity contribution in [1.29, 1.82) is 0 Å². The van der Waals surface area contributed by atoms with Crippen molar-refractivity contribution in [1.82, 2.24) is 5.32 Å². The molecular formula is C20H33FN2O2. The van der Waals surface area contributed by atoms with Crippen LogP contribution in [0.3, 0.4) is 0 Å². The number of nitrogens with zero attached hydrogens (tertiary/aromatic N) is 1. The zero-order chi connectivity index (χ0) is 19.0. The van der Waals surface area contributed by atoms with E-state index in [1.807, 2.05) is 20.9 Å². The van der Waals surface area contributed by atoms with E-state index in [1.54, 1.807) is 6.07 Å². The molecule has 25 heavy (non-hydrogen) atoms. The molecular weight excluding hydrogens is 319 g/mol. The normalized spacial score (nSPS) is 12.9. The second-order valence-electron chi connectivity index (χ2n) is 7.06. The molecule has 0 fully saturated rings. The van der Waals surface area contributed by atoms with Crippen LogP contribution in [-0.4, -0.2) is 31.2 Å². The summed E-state index contributed by atoms with van der Waals surface area (Å²) >= 11 is 0. The number of carbonyl (C=O) groups is 1. The van der Waals surface area contributed by atoms with E-state index in [4.69, 9.17) is 0 Å². The predicted octanol–water partition coefficient (Wildman–Crippen LogP) is 4.29. The summed E-state index contributed by atoms with van der Waals surface area (Å²) in [6.45, 7) is 9.87. The van der Waals surface area contributed by atoms with Crippen molar-refractivity contribution >= 4 is 11.7 Å². The first-order valence-electron chi connectivity index (χ1n) is 9.23. The number of hydrogen-bond donors (Lipinski definition) is 2. The first kappa shape index (κ1) is 21.4. The molecule has 1 unspecified atom stereocenters. The third-order valence-electron chi connectivity index (χ3n) is 5.32. The minimum Gasteiger partial charge on any atom is -0.481 e. The Balaban J connectivity index is 2.87. The van der Waals surface area contributed by atoms with Crippen molar-refractivity contribution < 1.29 is 14.3 Å². The van der Waals surface area contributed by atoms with E-state index in [0.717, 1.165) is 24.2 Å². The SMILES string of the molecule is CCC(C)CN(C)c1ccc(F)cc1CNCC(CC)(CC)C(=O)O. The Hall–Kier alpha value is -1.62. The van der Waals surface area contributed by atoms with Crippen LogP contribution >= 0.6 is 0 Å². The van der Waals surface area contributed by atoms with E-state index in [2.05, 4.69) is 24.1 Å². The van der Waals surface area contributed by atoms with Gasteiger partial charge in [0, 0.05) is 32.4 Å². The number of aliphatic carboxylic acids is 1. The molecule has 0 saturated carbocycles. The van der Waals surface area contributed by atoms with Gasteiger partial charge in [-0.2, -0.15) is 0 Å². The Morgan fingerprint density at radius 1 is 1.32 bits per heavy atom. The summed E-state index contributed by atoms with van der Waals surface area (Å²) in [5, 5.41) is 12.8. The molecule has 0 aliphatic carbocycles. The highest BCUT2D eigenvalue weighted by Gasteiger charge is 2.34. The molecule has 0 aliphatic rings. The number of halogens is 1. The van der Waals surface area contributed by atoms with Crippen LogP contribution in [0.5, 0.6) is 0 Å². The highest BCUT2D eigenvalue weighted by atomic mass is 19.1. The maximum Gasteiger partial charge on any atom is 0.310 e. The highest BCUT2D eigenvalue weighted by Crippen LogP contribution is 2.27. The van der Waals surface area contributed by atoms with Crippen LogP contribution in [-0.2, 0) is 11.3 Å². The minimum atomic E-state index is -0.779. The number of carboxylic acids is 1. The van der Waals surface area contributed by atoms with E-state index in [-0.39, 0.29) is 5.82 Å². The van der Waals surface area contributed by atoms with Crippen LogP contribution < -0.4 is 10.2 Å². The highest BCUT2D eigenvalue weighted by molar-refractivity contribution is 5.74. The van der Waals surface area contributed by atoms with Gasteiger partial charge in [0.15, 0.2) is 0 Å². The standard InChI is InChI=1S/C20H33FN2O2/c1-6-15(4)13-23(5)18-10-9-17(21)11-16(18)12-22-14-20(7-2,8-3)19(24)25/h9-11,15,22H,6-8,12-14H2,1-5H3,(H,24,25). The second-order valence-corrected chi connectivity index (χ2v) is 7.06. The van der Waals surface area contributed by atoms with Gasteiger partial charge in [-0.05, 0) is 42.5 Å². The fourth-order valence-corrected chi connectivity index (χ4v) is 3.08. The number of rotatable bonds is 11. The molecule has 142 valence electrons. The van der Waals surface area contributed by atoms with Crippen molar-refractivity contribution in [2.24, 2.45) is 11.3 Å². The van der Waals surface area contributed by atoms with Crippen molar-refractivity contribution in [3.8, 4) is 0 Å². The fraction of sp³-hybridized carbons (Fsp3) is 0.650. The quantitative estimate of drug-likeness (QED) is 0.624. The number of carboxylic acid groups (broad SMARTS) is 1. The number of hydrogen-bond acceptors (Lipinski definition) is 3. The summed E-state index contributed by atoms with van der Waals surface area (Å²) in [5.74, 6) is -0.498. The van der Waals surface area contributed by atoms with Gasteiger partial charge < -0.3 is 15.3 Å². The zero-order valence-corrected chi connectivity index (χ0v) is 16.2. The summed E-state index contributed by atoms with van der Waals surface area (Å²) in [6, 6.07) is 4.82. The van der Waals surface area contributed by atoms with Gasteiger partial charge in [0.1, 0.15) is 5.82 Å². The third kappa shape index (κ3) is 5.70. The van der Waals surface area contributed by atoms with Gasteiger partial charge >= 0.3 is 5.97 Å². The van der Waals surface area contributed by atoms with Gasteiger partial charge in [0.25, 0.3) is 0 Å². The molecule has 0 saturated heterocycles. The van der Waals surface area contributed by atoms with Crippen LogP contribution in [0.2, 0.25) is 0 Å². The van der Waals surface area contributed by atoms with Crippen molar-refractivity contribution in [3.63, 3.8) is 0 Å². The summed E-state index contributed by atoms with van der Waals surface area (Å²) in [4.78, 5) is 13.7. The van der Waals surface area contributed by atoms with E-state index in [0.29, 0.717) is 31.8 Å². The Labute approximate surface area is 151 Å². The molecule has 0 heterocycles. The molecule has 1 aromatic carbocycles. The molecule has 2 N–H and O–H groups in total. The first-order chi connectivity index (χ1) is 11.8. The van der Waals surface area contributed by atoms with E-state index in [9.17, 15) is 14.3 Å². The fourth-order valence-electron chi connectivity index (χ4n) is 3.08. The molecule has 1 rings (SSSR count). The summed E-state index contributed by atoms with van der Waals surface area (Å²) in [6.07, 6.45) is 2.22. The van der Waals surface area contributed by atoms with Gasteiger partial charge in [-0.1, -0.05) is 34.1 Å². The van der Waals surface area contributed by atoms with Crippen LogP contribution in [0.4, 0.5) is 10.1 Å². The van der Waals surface area contributed by atoms with E-state index < -0.39 is 11.4 Å². The molecule has 0 amide bonds. The molecule has 0 aromatic heterocycles. The average molecular weight is 352 g/mol. The molecule has 1 aromatic rings. The third-order valence-corrected chi connectivity index (χ3v) is 5.32. The predicted molar refractivity (Wildman–Crippen MR) is 101 cm³/mol. The topological polar surface area (TPSA) is 52.6 Å². The first-order valence-corrected chi connectivity index (χ1v) is 9.23. The van der Waals surface area contributed by atoms with E-state index in [1.165, 1.54) is 12.1 Å². The monoisotopic (exact) mass is 352 g/mol. The molecule has 0 spiro atoms. The lowest BCUT2D eigenvalue weighted by Gasteiger charge is -2.28. The Morgan fingerprint density at radius 3 is 2.48 bits per heavy atom. The maximum atomic E-state index is 13.7.